The van der Waals surface area contributed by atoms with Crippen LogP contribution in [0.4, 0.5) is 0 Å². The molecule has 1 fully saturated rings. The van der Waals surface area contributed by atoms with Crippen LogP contribution in [0.1, 0.15) is 19.3 Å². The van der Waals surface area contributed by atoms with Crippen molar-refractivity contribution in [2.45, 2.75) is 25.3 Å². The Morgan fingerprint density at radius 2 is 2.46 bits per heavy atom. The second kappa shape index (κ2) is 5.19. The van der Waals surface area contributed by atoms with Crippen LogP contribution in [0.15, 0.2) is 0 Å². The summed E-state index contributed by atoms with van der Waals surface area (Å²) in [5.74, 6) is -0.277. The largest absolute Gasteiger partial charge is 0.387 e. The number of carbonyl (C=O) groups excluding carboxylic acids is 1. The van der Waals surface area contributed by atoms with Gasteiger partial charge in [-0.1, -0.05) is 0 Å². The van der Waals surface area contributed by atoms with Gasteiger partial charge in [0.2, 0.25) is 5.91 Å². The molecule has 1 heterocycles. The first-order valence-corrected chi connectivity index (χ1v) is 4.82. The zero-order valence-electron chi connectivity index (χ0n) is 8.12. The van der Waals surface area contributed by atoms with E-state index < -0.39 is 6.61 Å². The lowest BCUT2D eigenvalue weighted by Gasteiger charge is -2.18. The molecule has 13 heavy (non-hydrogen) atoms. The van der Waals surface area contributed by atoms with Crippen LogP contribution >= 0.6 is 0 Å². The predicted octanol–water partition coefficient (Wildman–Crippen LogP) is -0.421. The number of aliphatic hydroxyl groups excluding tert-OH is 1. The Morgan fingerprint density at radius 1 is 1.69 bits per heavy atom. The van der Waals surface area contributed by atoms with Gasteiger partial charge in [-0.05, 0) is 32.9 Å². The maximum Gasteiger partial charge on any atom is 0.245 e. The maximum atomic E-state index is 10.7. The van der Waals surface area contributed by atoms with Crippen molar-refractivity contribution in [1.82, 2.24) is 10.2 Å². The molecule has 4 heteroatoms. The van der Waals surface area contributed by atoms with Crippen molar-refractivity contribution in [3.8, 4) is 0 Å². The van der Waals surface area contributed by atoms with Crippen molar-refractivity contribution < 1.29 is 9.90 Å². The Bertz CT molecular complexity index is 173. The Balaban J connectivity index is 2.08. The number of rotatable bonds is 4. The zero-order chi connectivity index (χ0) is 9.68. The first-order chi connectivity index (χ1) is 6.24. The van der Waals surface area contributed by atoms with Crippen molar-refractivity contribution in [3.05, 3.63) is 0 Å². The average Bonchev–Trinajstić information content (AvgIpc) is 2.52. The fourth-order valence-electron chi connectivity index (χ4n) is 1.78. The minimum Gasteiger partial charge on any atom is -0.387 e. The molecular weight excluding hydrogens is 168 g/mol. The Hall–Kier alpha value is -0.610. The summed E-state index contributed by atoms with van der Waals surface area (Å²) in [4.78, 5) is 13.0. The molecule has 1 atom stereocenters. The van der Waals surface area contributed by atoms with Gasteiger partial charge >= 0.3 is 0 Å². The van der Waals surface area contributed by atoms with E-state index in [2.05, 4.69) is 17.3 Å². The van der Waals surface area contributed by atoms with Gasteiger partial charge in [0.1, 0.15) is 6.61 Å². The molecule has 0 aromatic rings. The van der Waals surface area contributed by atoms with Gasteiger partial charge in [0.05, 0.1) is 0 Å². The quantitative estimate of drug-likeness (QED) is 0.627. The topological polar surface area (TPSA) is 52.6 Å². The molecule has 1 amide bonds. The third kappa shape index (κ3) is 3.32. The van der Waals surface area contributed by atoms with E-state index in [9.17, 15) is 4.79 Å². The highest BCUT2D eigenvalue weighted by Crippen LogP contribution is 2.16. The summed E-state index contributed by atoms with van der Waals surface area (Å²) < 4.78 is 0. The molecule has 0 spiro atoms. The first-order valence-electron chi connectivity index (χ1n) is 4.82. The summed E-state index contributed by atoms with van der Waals surface area (Å²) in [7, 11) is 2.12. The van der Waals surface area contributed by atoms with Crippen molar-refractivity contribution in [1.29, 1.82) is 0 Å². The fourth-order valence-corrected chi connectivity index (χ4v) is 1.78. The Kier molecular flexibility index (Phi) is 4.18. The van der Waals surface area contributed by atoms with Crippen LogP contribution in [-0.4, -0.2) is 48.7 Å². The van der Waals surface area contributed by atoms with Crippen molar-refractivity contribution >= 4 is 5.91 Å². The molecule has 4 nitrogen and oxygen atoms in total. The minimum absolute atomic E-state index is 0.277. The number of nitrogens with zero attached hydrogens (tertiary/aromatic N) is 1. The first kappa shape index (κ1) is 10.5. The summed E-state index contributed by atoms with van der Waals surface area (Å²) in [6.45, 7) is 1.44. The summed E-state index contributed by atoms with van der Waals surface area (Å²) in [6, 6.07) is 0.610. The normalized spacial score (nSPS) is 23.4. The maximum absolute atomic E-state index is 10.7. The van der Waals surface area contributed by atoms with Gasteiger partial charge in [-0.2, -0.15) is 0 Å². The van der Waals surface area contributed by atoms with Crippen molar-refractivity contribution in [2.24, 2.45) is 0 Å². The number of nitrogens with one attached hydrogen (secondary N) is 1. The van der Waals surface area contributed by atoms with Gasteiger partial charge < -0.3 is 15.3 Å². The second-order valence-electron chi connectivity index (χ2n) is 3.57. The molecule has 0 aliphatic carbocycles. The third-order valence-corrected chi connectivity index (χ3v) is 2.61. The highest BCUT2D eigenvalue weighted by Gasteiger charge is 2.19. The fraction of sp³-hybridized carbons (Fsp3) is 0.889. The molecule has 0 aromatic carbocycles. The average molecular weight is 186 g/mol. The van der Waals surface area contributed by atoms with E-state index in [0.717, 1.165) is 6.42 Å². The molecule has 1 saturated heterocycles. The molecule has 0 saturated carbocycles. The third-order valence-electron chi connectivity index (χ3n) is 2.61. The lowest BCUT2D eigenvalue weighted by Crippen LogP contribution is -2.32. The Labute approximate surface area is 78.9 Å². The lowest BCUT2D eigenvalue weighted by atomic mass is 10.1. The number of aliphatic hydroxyl groups is 1. The number of hydrogen-bond acceptors (Lipinski definition) is 3. The highest BCUT2D eigenvalue weighted by atomic mass is 16.3. The van der Waals surface area contributed by atoms with E-state index in [1.54, 1.807) is 0 Å². The number of carbonyl (C=O) groups is 1. The van der Waals surface area contributed by atoms with Crippen LogP contribution in [0.5, 0.6) is 0 Å². The summed E-state index contributed by atoms with van der Waals surface area (Å²) in [6.07, 6.45) is 3.48. The van der Waals surface area contributed by atoms with Crippen LogP contribution < -0.4 is 5.32 Å². The van der Waals surface area contributed by atoms with Gasteiger partial charge in [0.15, 0.2) is 0 Å². The van der Waals surface area contributed by atoms with E-state index in [1.165, 1.54) is 19.4 Å². The number of hydrogen-bond donors (Lipinski definition) is 2. The zero-order valence-corrected chi connectivity index (χ0v) is 8.12. The molecular formula is C9H18N2O2. The van der Waals surface area contributed by atoms with E-state index in [1.807, 2.05) is 0 Å². The standard InChI is InChI=1S/C9H18N2O2/c1-11-6-2-3-8(11)4-5-10-9(13)7-12/h8,12H,2-7H2,1H3,(H,10,13). The van der Waals surface area contributed by atoms with E-state index in [0.29, 0.717) is 12.6 Å². The van der Waals surface area contributed by atoms with Crippen LogP contribution in [-0.2, 0) is 4.79 Å². The SMILES string of the molecule is CN1CCCC1CCNC(=O)CO. The summed E-state index contributed by atoms with van der Waals surface area (Å²) in [5.41, 5.74) is 0. The molecule has 1 aliphatic rings. The highest BCUT2D eigenvalue weighted by molar-refractivity contribution is 5.76. The van der Waals surface area contributed by atoms with E-state index >= 15 is 0 Å². The predicted molar refractivity (Wildman–Crippen MR) is 50.4 cm³/mol. The van der Waals surface area contributed by atoms with Gasteiger partial charge in [-0.3, -0.25) is 4.79 Å². The molecule has 76 valence electrons. The monoisotopic (exact) mass is 186 g/mol. The molecule has 1 rings (SSSR count). The number of amides is 1. The van der Waals surface area contributed by atoms with Crippen LogP contribution in [0.2, 0.25) is 0 Å². The van der Waals surface area contributed by atoms with Crippen LogP contribution in [0.25, 0.3) is 0 Å². The summed E-state index contributed by atoms with van der Waals surface area (Å²) in [5, 5.41) is 11.1. The minimum atomic E-state index is -0.402. The van der Waals surface area contributed by atoms with Crippen LogP contribution in [0.3, 0.4) is 0 Å². The molecule has 1 unspecified atom stereocenters. The van der Waals surface area contributed by atoms with Gasteiger partial charge in [0.25, 0.3) is 0 Å². The molecule has 0 aromatic heterocycles. The smallest absolute Gasteiger partial charge is 0.245 e. The Morgan fingerprint density at radius 3 is 3.00 bits per heavy atom. The van der Waals surface area contributed by atoms with Gasteiger partial charge in [-0.15, -0.1) is 0 Å². The van der Waals surface area contributed by atoms with Crippen molar-refractivity contribution in [2.75, 3.05) is 26.7 Å². The second-order valence-corrected chi connectivity index (χ2v) is 3.57. The number of likely N-dealkylation sites (tertiary alicyclic amines) is 1. The molecule has 2 N–H and O–H groups in total. The van der Waals surface area contributed by atoms with Crippen molar-refractivity contribution in [3.63, 3.8) is 0 Å². The summed E-state index contributed by atoms with van der Waals surface area (Å²) >= 11 is 0. The van der Waals surface area contributed by atoms with Gasteiger partial charge in [0, 0.05) is 12.6 Å². The molecule has 0 bridgehead atoms. The molecule has 1 aliphatic heterocycles. The van der Waals surface area contributed by atoms with Gasteiger partial charge in [-0.25, -0.2) is 0 Å². The lowest BCUT2D eigenvalue weighted by molar-refractivity contribution is -0.123. The van der Waals surface area contributed by atoms with E-state index in [-0.39, 0.29) is 5.91 Å². The van der Waals surface area contributed by atoms with E-state index in [4.69, 9.17) is 5.11 Å². The molecule has 0 radical (unpaired) electrons. The van der Waals surface area contributed by atoms with Crippen LogP contribution in [0, 0.1) is 0 Å².